The zero-order chi connectivity index (χ0) is 7.71. The Morgan fingerprint density at radius 1 is 1.11 bits per heavy atom. The Hall–Kier alpha value is 0.430. The Bertz CT molecular complexity index is 87.2. The molecule has 0 saturated heterocycles. The molecule has 0 spiro atoms. The van der Waals surface area contributed by atoms with Gasteiger partial charge in [-0.1, -0.05) is 0 Å². The van der Waals surface area contributed by atoms with Crippen LogP contribution >= 0.6 is 7.26 Å². The molecule has 0 aliphatic carbocycles. The number of rotatable bonds is 1. The van der Waals surface area contributed by atoms with Crippen molar-refractivity contribution in [3.8, 4) is 0 Å². The van der Waals surface area contributed by atoms with Gasteiger partial charge in [-0.2, -0.15) is 0 Å². The first-order chi connectivity index (χ1) is 3.81. The van der Waals surface area contributed by atoms with E-state index >= 15 is 0 Å². The van der Waals surface area contributed by atoms with Crippen molar-refractivity contribution < 1.29 is 0 Å². The SMILES string of the molecule is CC[PH](C)(C)C(C)(C)C. The third kappa shape index (κ3) is 2.26. The van der Waals surface area contributed by atoms with Crippen LogP contribution in [0.5, 0.6) is 0 Å². The molecule has 0 aliphatic heterocycles. The predicted molar refractivity (Wildman–Crippen MR) is 50.5 cm³/mol. The molecule has 0 unspecified atom stereocenters. The Morgan fingerprint density at radius 2 is 1.44 bits per heavy atom. The summed E-state index contributed by atoms with van der Waals surface area (Å²) in [5, 5.41) is 0.585. The van der Waals surface area contributed by atoms with E-state index in [-0.39, 0.29) is 0 Å². The molecule has 58 valence electrons. The fourth-order valence-electron chi connectivity index (χ4n) is 0.530. The van der Waals surface area contributed by atoms with E-state index in [0.717, 1.165) is 0 Å². The van der Waals surface area contributed by atoms with Crippen LogP contribution in [0.3, 0.4) is 0 Å². The summed E-state index contributed by atoms with van der Waals surface area (Å²) in [5.74, 6) is 0. The van der Waals surface area contributed by atoms with Gasteiger partial charge in [0.05, 0.1) is 0 Å². The van der Waals surface area contributed by atoms with Gasteiger partial charge in [0, 0.05) is 0 Å². The van der Waals surface area contributed by atoms with Crippen molar-refractivity contribution in [2.75, 3.05) is 19.5 Å². The van der Waals surface area contributed by atoms with Crippen LogP contribution in [0.25, 0.3) is 0 Å². The van der Waals surface area contributed by atoms with Crippen molar-refractivity contribution in [3.05, 3.63) is 0 Å². The average Bonchev–Trinajstić information content (AvgIpc) is 1.64. The summed E-state index contributed by atoms with van der Waals surface area (Å²) < 4.78 is 0. The molecule has 0 aromatic rings. The maximum absolute atomic E-state index is 2.47. The van der Waals surface area contributed by atoms with E-state index in [1.165, 1.54) is 6.16 Å². The Labute approximate surface area is 60.4 Å². The molecule has 1 heteroatoms. The van der Waals surface area contributed by atoms with E-state index < -0.39 is 7.26 Å². The Morgan fingerprint density at radius 3 is 1.44 bits per heavy atom. The minimum absolute atomic E-state index is 0.585. The fraction of sp³-hybridized carbons (Fsp3) is 1.00. The quantitative estimate of drug-likeness (QED) is 0.501. The average molecular weight is 148 g/mol. The van der Waals surface area contributed by atoms with Crippen molar-refractivity contribution in [1.29, 1.82) is 0 Å². The maximum atomic E-state index is 2.47. The molecule has 0 atom stereocenters. The molecule has 9 heavy (non-hydrogen) atoms. The summed E-state index contributed by atoms with van der Waals surface area (Å²) in [6.07, 6.45) is 1.40. The summed E-state index contributed by atoms with van der Waals surface area (Å²) in [6.45, 7) is 14.3. The van der Waals surface area contributed by atoms with E-state index in [0.29, 0.717) is 5.16 Å². The molecule has 0 rings (SSSR count). The summed E-state index contributed by atoms with van der Waals surface area (Å²) >= 11 is 0. The van der Waals surface area contributed by atoms with Crippen LogP contribution in [-0.4, -0.2) is 24.6 Å². The van der Waals surface area contributed by atoms with Gasteiger partial charge in [0.2, 0.25) is 0 Å². The van der Waals surface area contributed by atoms with Gasteiger partial charge in [-0.3, -0.25) is 0 Å². The van der Waals surface area contributed by atoms with Crippen molar-refractivity contribution in [2.45, 2.75) is 32.9 Å². The summed E-state index contributed by atoms with van der Waals surface area (Å²) in [6, 6.07) is 0. The third-order valence-electron chi connectivity index (χ3n) is 2.91. The molecule has 0 aromatic carbocycles. The molecule has 0 aromatic heterocycles. The zero-order valence-electron chi connectivity index (χ0n) is 7.71. The van der Waals surface area contributed by atoms with Gasteiger partial charge in [0.1, 0.15) is 0 Å². The number of hydrogen-bond acceptors (Lipinski definition) is 0. The molecule has 0 aliphatic rings. The Kier molecular flexibility index (Phi) is 2.70. The molecule has 0 fully saturated rings. The van der Waals surface area contributed by atoms with E-state index in [1.807, 2.05) is 0 Å². The van der Waals surface area contributed by atoms with Crippen LogP contribution in [0.15, 0.2) is 0 Å². The topological polar surface area (TPSA) is 0 Å². The van der Waals surface area contributed by atoms with E-state index in [9.17, 15) is 0 Å². The number of hydrogen-bond donors (Lipinski definition) is 0. The Balaban J connectivity index is 4.14. The summed E-state index contributed by atoms with van der Waals surface area (Å²) in [4.78, 5) is 0. The van der Waals surface area contributed by atoms with Crippen LogP contribution in [0.4, 0.5) is 0 Å². The van der Waals surface area contributed by atoms with Crippen LogP contribution in [0.1, 0.15) is 27.7 Å². The second kappa shape index (κ2) is 2.58. The normalized spacial score (nSPS) is 15.8. The van der Waals surface area contributed by atoms with Crippen LogP contribution < -0.4 is 0 Å². The predicted octanol–water partition coefficient (Wildman–Crippen LogP) is 2.81. The molecule has 0 N–H and O–H groups in total. The molecule has 0 saturated carbocycles. The monoisotopic (exact) mass is 148 g/mol. The van der Waals surface area contributed by atoms with Crippen molar-refractivity contribution in [1.82, 2.24) is 0 Å². The summed E-state index contributed by atoms with van der Waals surface area (Å²) in [5.41, 5.74) is 0. The van der Waals surface area contributed by atoms with E-state index in [4.69, 9.17) is 0 Å². The molecule has 0 heterocycles. The second-order valence-corrected chi connectivity index (χ2v) is 10.5. The molecule has 0 nitrogen and oxygen atoms in total. The first-order valence-corrected chi connectivity index (χ1v) is 7.02. The minimum atomic E-state index is -0.879. The molecular formula is C8H21P. The standard InChI is InChI=1S/C8H21P/c1-7-9(5,6)8(2,3)4/h9H,7H2,1-6H3. The third-order valence-corrected chi connectivity index (χ3v) is 8.74. The molecule has 0 amide bonds. The van der Waals surface area contributed by atoms with Crippen LogP contribution in [0.2, 0.25) is 0 Å². The molecule has 0 bridgehead atoms. The van der Waals surface area contributed by atoms with Crippen LogP contribution in [-0.2, 0) is 0 Å². The van der Waals surface area contributed by atoms with E-state index in [2.05, 4.69) is 41.0 Å². The van der Waals surface area contributed by atoms with Gasteiger partial charge < -0.3 is 0 Å². The van der Waals surface area contributed by atoms with Crippen molar-refractivity contribution >= 4 is 7.26 Å². The first-order valence-electron chi connectivity index (χ1n) is 3.81. The summed E-state index contributed by atoms with van der Waals surface area (Å²) in [7, 11) is -0.879. The van der Waals surface area contributed by atoms with Gasteiger partial charge in [0.15, 0.2) is 0 Å². The van der Waals surface area contributed by atoms with E-state index in [1.54, 1.807) is 0 Å². The van der Waals surface area contributed by atoms with Crippen LogP contribution in [0, 0.1) is 0 Å². The van der Waals surface area contributed by atoms with Gasteiger partial charge >= 0.3 is 59.6 Å². The van der Waals surface area contributed by atoms with Gasteiger partial charge in [0.25, 0.3) is 0 Å². The van der Waals surface area contributed by atoms with Crippen molar-refractivity contribution in [3.63, 3.8) is 0 Å². The molecular weight excluding hydrogens is 127 g/mol. The molecule has 0 radical (unpaired) electrons. The van der Waals surface area contributed by atoms with Gasteiger partial charge in [-0.25, -0.2) is 0 Å². The van der Waals surface area contributed by atoms with Gasteiger partial charge in [-0.15, -0.1) is 0 Å². The van der Waals surface area contributed by atoms with Crippen molar-refractivity contribution in [2.24, 2.45) is 0 Å². The first kappa shape index (κ1) is 9.43. The second-order valence-electron chi connectivity index (χ2n) is 4.49. The van der Waals surface area contributed by atoms with Gasteiger partial charge in [-0.05, 0) is 0 Å². The zero-order valence-corrected chi connectivity index (χ0v) is 8.71. The fourth-order valence-corrected chi connectivity index (χ4v) is 1.59.